The molecule has 0 amide bonds. The molecule has 1 aromatic heterocycles. The standard InChI is InChI=1S/C6H9IN2OS/c1-6(2,7)4-8-10-5(11)9(4)3/h1-3H3. The lowest BCUT2D eigenvalue weighted by Gasteiger charge is -2.12. The van der Waals surface area contributed by atoms with Crippen molar-refractivity contribution in [3.05, 3.63) is 10.7 Å². The largest absolute Gasteiger partial charge is 0.324 e. The van der Waals surface area contributed by atoms with Crippen molar-refractivity contribution in [2.24, 2.45) is 7.05 Å². The molecule has 0 aliphatic heterocycles. The smallest absolute Gasteiger partial charge is 0.297 e. The van der Waals surface area contributed by atoms with Gasteiger partial charge in [-0.05, 0) is 26.1 Å². The highest BCUT2D eigenvalue weighted by Crippen LogP contribution is 2.28. The summed E-state index contributed by atoms with van der Waals surface area (Å²) >= 11 is 7.17. The quantitative estimate of drug-likeness (QED) is 0.451. The van der Waals surface area contributed by atoms with Gasteiger partial charge >= 0.3 is 0 Å². The summed E-state index contributed by atoms with van der Waals surface area (Å²) in [4.78, 5) is 0.421. The van der Waals surface area contributed by atoms with Gasteiger partial charge in [-0.1, -0.05) is 27.7 Å². The van der Waals surface area contributed by atoms with Crippen LogP contribution in [0, 0.1) is 4.84 Å². The summed E-state index contributed by atoms with van der Waals surface area (Å²) in [7, 11) is 1.86. The van der Waals surface area contributed by atoms with Gasteiger partial charge in [0.05, 0.1) is 3.42 Å². The van der Waals surface area contributed by atoms with E-state index in [1.165, 1.54) is 0 Å². The molecule has 62 valence electrons. The van der Waals surface area contributed by atoms with Gasteiger partial charge in [-0.2, -0.15) is 0 Å². The normalized spacial score (nSPS) is 12.0. The van der Waals surface area contributed by atoms with E-state index in [-0.39, 0.29) is 3.42 Å². The molecular formula is C6H9IN2OS. The third-order valence-corrected chi connectivity index (χ3v) is 2.16. The summed E-state index contributed by atoms with van der Waals surface area (Å²) < 4.78 is 6.59. The molecule has 0 unspecified atom stereocenters. The number of hydrogen-bond donors (Lipinski definition) is 0. The summed E-state index contributed by atoms with van der Waals surface area (Å²) in [6.07, 6.45) is 0. The highest BCUT2D eigenvalue weighted by atomic mass is 127. The molecule has 5 heteroatoms. The Morgan fingerprint density at radius 3 is 2.36 bits per heavy atom. The van der Waals surface area contributed by atoms with Gasteiger partial charge in [-0.15, -0.1) is 0 Å². The first-order chi connectivity index (χ1) is 4.93. The van der Waals surface area contributed by atoms with Crippen molar-refractivity contribution >= 4 is 34.8 Å². The zero-order valence-electron chi connectivity index (χ0n) is 6.59. The van der Waals surface area contributed by atoms with E-state index in [0.29, 0.717) is 4.84 Å². The number of alkyl halides is 1. The summed E-state index contributed by atoms with van der Waals surface area (Å²) in [5.74, 6) is 0.864. The maximum absolute atomic E-state index is 4.87. The lowest BCUT2D eigenvalue weighted by Crippen LogP contribution is -2.13. The van der Waals surface area contributed by atoms with Crippen LogP contribution in [0.3, 0.4) is 0 Å². The molecule has 1 rings (SSSR count). The maximum Gasteiger partial charge on any atom is 0.297 e. The fourth-order valence-electron chi connectivity index (χ4n) is 0.799. The van der Waals surface area contributed by atoms with Crippen LogP contribution in [0.5, 0.6) is 0 Å². The van der Waals surface area contributed by atoms with Crippen LogP contribution < -0.4 is 0 Å². The minimum absolute atomic E-state index is 0.0347. The van der Waals surface area contributed by atoms with Crippen LogP contribution in [0.15, 0.2) is 4.52 Å². The van der Waals surface area contributed by atoms with E-state index in [4.69, 9.17) is 16.7 Å². The molecule has 0 atom stereocenters. The maximum atomic E-state index is 4.87. The van der Waals surface area contributed by atoms with E-state index in [2.05, 4.69) is 41.6 Å². The van der Waals surface area contributed by atoms with Crippen LogP contribution in [-0.4, -0.2) is 9.72 Å². The first-order valence-electron chi connectivity index (χ1n) is 3.15. The monoisotopic (exact) mass is 284 g/mol. The van der Waals surface area contributed by atoms with E-state index in [9.17, 15) is 0 Å². The third-order valence-electron chi connectivity index (χ3n) is 1.33. The summed E-state index contributed by atoms with van der Waals surface area (Å²) in [5.41, 5.74) is 0. The van der Waals surface area contributed by atoms with Gasteiger partial charge in [-0.25, -0.2) is 0 Å². The summed E-state index contributed by atoms with van der Waals surface area (Å²) in [6.45, 7) is 4.11. The summed E-state index contributed by atoms with van der Waals surface area (Å²) in [6, 6.07) is 0. The number of hydrogen-bond acceptors (Lipinski definition) is 3. The fraction of sp³-hybridized carbons (Fsp3) is 0.667. The third kappa shape index (κ3) is 1.81. The minimum Gasteiger partial charge on any atom is -0.324 e. The second-order valence-corrected chi connectivity index (χ2v) is 5.85. The second-order valence-electron chi connectivity index (χ2n) is 2.80. The van der Waals surface area contributed by atoms with Crippen molar-refractivity contribution in [1.29, 1.82) is 0 Å². The van der Waals surface area contributed by atoms with Gasteiger partial charge in [0.15, 0.2) is 5.82 Å². The highest BCUT2D eigenvalue weighted by Gasteiger charge is 2.22. The van der Waals surface area contributed by atoms with E-state index < -0.39 is 0 Å². The van der Waals surface area contributed by atoms with E-state index in [0.717, 1.165) is 5.82 Å². The van der Waals surface area contributed by atoms with E-state index in [1.807, 2.05) is 7.05 Å². The number of aromatic nitrogens is 2. The molecule has 0 bridgehead atoms. The Morgan fingerprint density at radius 1 is 1.64 bits per heavy atom. The van der Waals surface area contributed by atoms with Crippen molar-refractivity contribution < 1.29 is 4.52 Å². The van der Waals surface area contributed by atoms with Gasteiger partial charge in [-0.3, -0.25) is 4.57 Å². The highest BCUT2D eigenvalue weighted by molar-refractivity contribution is 14.1. The van der Waals surface area contributed by atoms with Crippen LogP contribution >= 0.6 is 34.8 Å². The van der Waals surface area contributed by atoms with Crippen LogP contribution in [0.25, 0.3) is 0 Å². The van der Waals surface area contributed by atoms with Crippen LogP contribution in [0.4, 0.5) is 0 Å². The minimum atomic E-state index is -0.0347. The topological polar surface area (TPSA) is 31.0 Å². The Labute approximate surface area is 83.9 Å². The fourth-order valence-corrected chi connectivity index (χ4v) is 1.38. The van der Waals surface area contributed by atoms with Gasteiger partial charge < -0.3 is 4.52 Å². The number of nitrogens with zero attached hydrogens (tertiary/aromatic N) is 2. The van der Waals surface area contributed by atoms with Gasteiger partial charge in [0.1, 0.15) is 0 Å². The molecule has 11 heavy (non-hydrogen) atoms. The van der Waals surface area contributed by atoms with Crippen molar-refractivity contribution in [2.45, 2.75) is 17.3 Å². The molecule has 0 spiro atoms. The van der Waals surface area contributed by atoms with Gasteiger partial charge in [0.25, 0.3) is 4.84 Å². The van der Waals surface area contributed by atoms with Crippen molar-refractivity contribution in [3.8, 4) is 0 Å². The van der Waals surface area contributed by atoms with Crippen LogP contribution in [-0.2, 0) is 10.5 Å². The molecule has 1 heterocycles. The molecule has 0 radical (unpaired) electrons. The van der Waals surface area contributed by atoms with Crippen LogP contribution in [0.1, 0.15) is 19.7 Å². The molecule has 0 aliphatic carbocycles. The van der Waals surface area contributed by atoms with Crippen molar-refractivity contribution in [3.63, 3.8) is 0 Å². The molecule has 0 aromatic carbocycles. The van der Waals surface area contributed by atoms with E-state index in [1.54, 1.807) is 4.57 Å². The average Bonchev–Trinajstić information content (AvgIpc) is 2.11. The predicted octanol–water partition coefficient (Wildman–Crippen LogP) is 2.41. The average molecular weight is 284 g/mol. The first kappa shape index (κ1) is 9.18. The zero-order valence-corrected chi connectivity index (χ0v) is 9.56. The van der Waals surface area contributed by atoms with Crippen molar-refractivity contribution in [1.82, 2.24) is 9.72 Å². The molecule has 3 nitrogen and oxygen atoms in total. The van der Waals surface area contributed by atoms with Gasteiger partial charge in [0.2, 0.25) is 0 Å². The SMILES string of the molecule is Cn1c(C(C)(C)I)noc1=S. The zero-order chi connectivity index (χ0) is 8.65. The lowest BCUT2D eigenvalue weighted by molar-refractivity contribution is 0.392. The second kappa shape index (κ2) is 2.85. The molecule has 0 fully saturated rings. The Balaban J connectivity index is 3.26. The first-order valence-corrected chi connectivity index (χ1v) is 4.63. The molecule has 0 saturated heterocycles. The molecule has 0 N–H and O–H groups in total. The van der Waals surface area contributed by atoms with E-state index >= 15 is 0 Å². The molecular weight excluding hydrogens is 275 g/mol. The van der Waals surface area contributed by atoms with Crippen molar-refractivity contribution in [2.75, 3.05) is 0 Å². The Kier molecular flexibility index (Phi) is 2.38. The predicted molar refractivity (Wildman–Crippen MR) is 53.4 cm³/mol. The summed E-state index contributed by atoms with van der Waals surface area (Å²) in [5, 5.41) is 3.86. The Bertz CT molecular complexity index is 309. The van der Waals surface area contributed by atoms with Gasteiger partial charge in [0, 0.05) is 7.05 Å². The number of rotatable bonds is 1. The van der Waals surface area contributed by atoms with Crippen LogP contribution in [0.2, 0.25) is 0 Å². The lowest BCUT2D eigenvalue weighted by atomic mass is 10.2. The Hall–Kier alpha value is 0.0900. The molecule has 1 aromatic rings. The molecule has 0 saturated carbocycles. The number of halogens is 1. The Morgan fingerprint density at radius 2 is 2.18 bits per heavy atom. The molecule has 0 aliphatic rings.